The molecule has 302 valence electrons. The zero-order valence-electron chi connectivity index (χ0n) is 36.0. The maximum atomic E-state index is 6.54. The Kier molecular flexibility index (Phi) is 8.35. The Morgan fingerprint density at radius 1 is 0.597 bits per heavy atom. The molecule has 1 heterocycles. The number of benzene rings is 6. The van der Waals surface area contributed by atoms with Gasteiger partial charge in [-0.25, -0.2) is 0 Å². The highest BCUT2D eigenvalue weighted by atomic mass is 16.3. The lowest BCUT2D eigenvalue weighted by Gasteiger charge is -2.37. The highest BCUT2D eigenvalue weighted by molar-refractivity contribution is 6.06. The molecule has 12 rings (SSSR count). The summed E-state index contributed by atoms with van der Waals surface area (Å²) in [5.41, 5.74) is 21.3. The van der Waals surface area contributed by atoms with Crippen LogP contribution in [0.25, 0.3) is 44.2 Å². The Morgan fingerprint density at radius 2 is 1.32 bits per heavy atom. The monoisotopic (exact) mass is 801 g/mol. The summed E-state index contributed by atoms with van der Waals surface area (Å²) in [6.45, 7) is 9.80. The zero-order valence-corrected chi connectivity index (χ0v) is 36.0. The number of hydrogen-bond acceptors (Lipinski definition) is 2. The number of fused-ring (bicyclic) bond motifs is 8. The van der Waals surface area contributed by atoms with Crippen molar-refractivity contribution in [2.45, 2.75) is 75.7 Å². The molecule has 0 amide bonds. The van der Waals surface area contributed by atoms with Crippen LogP contribution < -0.4 is 4.90 Å². The van der Waals surface area contributed by atoms with Crippen LogP contribution >= 0.6 is 0 Å². The number of rotatable bonds is 6. The molecule has 3 unspecified atom stereocenters. The first-order valence-corrected chi connectivity index (χ1v) is 22.6. The Balaban J connectivity index is 0.959. The van der Waals surface area contributed by atoms with Crippen molar-refractivity contribution >= 4 is 38.8 Å². The van der Waals surface area contributed by atoms with Gasteiger partial charge in [-0.1, -0.05) is 203 Å². The van der Waals surface area contributed by atoms with Gasteiger partial charge in [-0.05, 0) is 82.0 Å². The van der Waals surface area contributed by atoms with E-state index in [9.17, 15) is 0 Å². The number of furan rings is 1. The average Bonchev–Trinajstić information content (AvgIpc) is 3.89. The van der Waals surface area contributed by atoms with Gasteiger partial charge in [-0.3, -0.25) is 0 Å². The molecule has 62 heavy (non-hydrogen) atoms. The van der Waals surface area contributed by atoms with Gasteiger partial charge in [0.2, 0.25) is 0 Å². The smallest absolute Gasteiger partial charge is 0.139 e. The summed E-state index contributed by atoms with van der Waals surface area (Å²) >= 11 is 0. The molecular weight excluding hydrogens is 751 g/mol. The van der Waals surface area contributed by atoms with Crippen molar-refractivity contribution in [3.8, 4) is 11.1 Å². The molecule has 7 aromatic rings. The summed E-state index contributed by atoms with van der Waals surface area (Å²) in [5, 5.41) is 2.37. The maximum Gasteiger partial charge on any atom is 0.139 e. The lowest BCUT2D eigenvalue weighted by Crippen LogP contribution is -2.34. The van der Waals surface area contributed by atoms with Crippen LogP contribution in [0.3, 0.4) is 0 Å². The highest BCUT2D eigenvalue weighted by Gasteiger charge is 2.49. The van der Waals surface area contributed by atoms with Crippen molar-refractivity contribution in [2.75, 3.05) is 4.90 Å². The molecule has 0 saturated heterocycles. The van der Waals surface area contributed by atoms with Crippen LogP contribution in [0, 0.1) is 0 Å². The molecule has 0 spiro atoms. The van der Waals surface area contributed by atoms with Crippen molar-refractivity contribution in [3.63, 3.8) is 0 Å². The summed E-state index contributed by atoms with van der Waals surface area (Å²) in [6.07, 6.45) is 19.9. The first-order chi connectivity index (χ1) is 30.3. The largest absolute Gasteiger partial charge is 0.456 e. The number of hydrogen-bond donors (Lipinski definition) is 0. The van der Waals surface area contributed by atoms with Crippen molar-refractivity contribution in [1.29, 1.82) is 0 Å². The molecule has 6 aromatic carbocycles. The zero-order chi connectivity index (χ0) is 41.7. The highest BCUT2D eigenvalue weighted by Crippen LogP contribution is 2.62. The lowest BCUT2D eigenvalue weighted by atomic mass is 9.71. The Hall–Kier alpha value is -6.64. The minimum absolute atomic E-state index is 0.00245. The Bertz CT molecular complexity index is 3170. The molecule has 0 bridgehead atoms. The third-order valence-corrected chi connectivity index (χ3v) is 15.1. The van der Waals surface area contributed by atoms with E-state index >= 15 is 0 Å². The fraction of sp³-hybridized carbons (Fsp3) is 0.200. The van der Waals surface area contributed by atoms with Crippen LogP contribution in [-0.2, 0) is 10.8 Å². The molecule has 3 atom stereocenters. The lowest BCUT2D eigenvalue weighted by molar-refractivity contribution is 0.561. The molecular formula is C60H51NO. The van der Waals surface area contributed by atoms with Crippen LogP contribution in [0.1, 0.15) is 92.2 Å². The topological polar surface area (TPSA) is 16.4 Å². The van der Waals surface area contributed by atoms with Crippen molar-refractivity contribution in [2.24, 2.45) is 0 Å². The predicted octanol–water partition coefficient (Wildman–Crippen LogP) is 15.5. The number of anilines is 1. The quantitative estimate of drug-likeness (QED) is 0.167. The third-order valence-electron chi connectivity index (χ3n) is 15.1. The van der Waals surface area contributed by atoms with Gasteiger partial charge in [-0.2, -0.15) is 0 Å². The molecule has 2 heteroatoms. The molecule has 2 nitrogen and oxygen atoms in total. The van der Waals surface area contributed by atoms with Gasteiger partial charge in [0.15, 0.2) is 0 Å². The molecule has 5 aliphatic carbocycles. The van der Waals surface area contributed by atoms with Gasteiger partial charge in [0, 0.05) is 55.9 Å². The van der Waals surface area contributed by atoms with Gasteiger partial charge in [0.1, 0.15) is 11.2 Å². The van der Waals surface area contributed by atoms with Crippen LogP contribution in [0.15, 0.2) is 203 Å². The Morgan fingerprint density at radius 3 is 2.15 bits per heavy atom. The van der Waals surface area contributed by atoms with Gasteiger partial charge < -0.3 is 9.32 Å². The molecule has 0 N–H and O–H groups in total. The molecule has 5 aliphatic rings. The van der Waals surface area contributed by atoms with E-state index in [-0.39, 0.29) is 22.8 Å². The molecule has 0 fully saturated rings. The average molecular weight is 802 g/mol. The van der Waals surface area contributed by atoms with Crippen molar-refractivity contribution in [1.82, 2.24) is 0 Å². The van der Waals surface area contributed by atoms with Gasteiger partial charge >= 0.3 is 0 Å². The predicted molar refractivity (Wildman–Crippen MR) is 259 cm³/mol. The number of nitrogens with zero attached hydrogens (tertiary/aromatic N) is 1. The molecule has 0 radical (unpaired) electrons. The summed E-state index contributed by atoms with van der Waals surface area (Å²) in [6, 6.07) is 51.5. The Labute approximate surface area is 365 Å². The maximum absolute atomic E-state index is 6.54. The fourth-order valence-corrected chi connectivity index (χ4v) is 11.9. The van der Waals surface area contributed by atoms with Crippen molar-refractivity contribution < 1.29 is 4.42 Å². The molecule has 0 saturated carbocycles. The van der Waals surface area contributed by atoms with Crippen LogP contribution in [0.2, 0.25) is 0 Å². The second-order valence-electron chi connectivity index (χ2n) is 19.0. The minimum atomic E-state index is -0.0814. The van der Waals surface area contributed by atoms with E-state index in [2.05, 4.69) is 215 Å². The second-order valence-corrected chi connectivity index (χ2v) is 19.0. The van der Waals surface area contributed by atoms with Crippen LogP contribution in [0.4, 0.5) is 5.69 Å². The first kappa shape index (κ1) is 37.1. The number of allylic oxidation sites excluding steroid dienone is 9. The van der Waals surface area contributed by atoms with Crippen LogP contribution in [-0.4, -0.2) is 6.04 Å². The summed E-state index contributed by atoms with van der Waals surface area (Å²) < 4.78 is 6.54. The summed E-state index contributed by atoms with van der Waals surface area (Å²) in [4.78, 5) is 2.63. The molecule has 1 aromatic heterocycles. The van der Waals surface area contributed by atoms with E-state index in [4.69, 9.17) is 4.42 Å². The van der Waals surface area contributed by atoms with Crippen molar-refractivity contribution in [3.05, 3.63) is 232 Å². The first-order valence-electron chi connectivity index (χ1n) is 22.6. The van der Waals surface area contributed by atoms with Gasteiger partial charge in [0.05, 0.1) is 6.04 Å². The normalized spacial score (nSPS) is 21.5. The summed E-state index contributed by atoms with van der Waals surface area (Å²) in [7, 11) is 0. The summed E-state index contributed by atoms with van der Waals surface area (Å²) in [5.74, 6) is 0.541. The van der Waals surface area contributed by atoms with Gasteiger partial charge in [0.25, 0.3) is 0 Å². The van der Waals surface area contributed by atoms with Gasteiger partial charge in [-0.15, -0.1) is 0 Å². The SMILES string of the molecule is CC1(C)C2=C(C=C3C(C2)c2c(-c4ccccc4N(C4=CCC(c5cccc6c5oc5ccccc56)C=C4)C4C=CC(c5ccccc5)=CC4)cccc2C3(C)C)c2ccccc21. The van der Waals surface area contributed by atoms with E-state index in [0.29, 0.717) is 5.92 Å². The van der Waals surface area contributed by atoms with E-state index in [1.807, 2.05) is 0 Å². The van der Waals surface area contributed by atoms with E-state index in [0.717, 1.165) is 30.4 Å². The van der Waals surface area contributed by atoms with Crippen LogP contribution in [0.5, 0.6) is 0 Å². The standard InChI is InChI=1S/C60H51NO/c1-59(2)51-24-11-8-18-44(51)49-36-54-50(37-53(49)59)57-47(22-15-25-52(57)60(54,3)4)45-19-9-12-26-55(45)61(41-32-28-39(29-33-41)38-16-6-5-7-17-38)42-34-30-40(31-35-42)43-21-14-23-48-46-20-10-13-27-56(46)62-58(43)48/h5-30,32,34-36,40-41,50H,31,33,37H2,1-4H3. The molecule has 0 aliphatic heterocycles. The van der Waals surface area contributed by atoms with E-state index < -0.39 is 0 Å². The van der Waals surface area contributed by atoms with E-state index in [1.54, 1.807) is 11.1 Å². The number of para-hydroxylation sites is 3. The fourth-order valence-electron chi connectivity index (χ4n) is 11.9. The minimum Gasteiger partial charge on any atom is -0.456 e. The van der Waals surface area contributed by atoms with E-state index in [1.165, 1.54) is 77.8 Å². The second kappa shape index (κ2) is 13.9. The third kappa shape index (κ3) is 5.55.